The van der Waals surface area contributed by atoms with Gasteiger partial charge < -0.3 is 14.2 Å². The van der Waals surface area contributed by atoms with Crippen LogP contribution in [0.15, 0.2) is 22.7 Å². The molecule has 0 atom stereocenters. The Kier molecular flexibility index (Phi) is 3.16. The second-order valence-electron chi connectivity index (χ2n) is 4.87. The number of rotatable bonds is 2. The molecule has 1 saturated heterocycles. The highest BCUT2D eigenvalue weighted by Gasteiger charge is 2.19. The van der Waals surface area contributed by atoms with Crippen molar-refractivity contribution in [3.8, 4) is 11.5 Å². The van der Waals surface area contributed by atoms with Crippen LogP contribution < -0.4 is 4.90 Å². The van der Waals surface area contributed by atoms with Gasteiger partial charge in [0.25, 0.3) is 5.89 Å². The van der Waals surface area contributed by atoms with Gasteiger partial charge in [0.2, 0.25) is 0 Å². The maximum absolute atomic E-state index is 5.73. The van der Waals surface area contributed by atoms with Gasteiger partial charge in [-0.05, 0) is 26.1 Å². The van der Waals surface area contributed by atoms with Crippen LogP contribution in [0.3, 0.4) is 0 Å². The summed E-state index contributed by atoms with van der Waals surface area (Å²) in [5.41, 5.74) is 1.83. The molecule has 0 spiro atoms. The number of anilines is 1. The van der Waals surface area contributed by atoms with Gasteiger partial charge in [0, 0.05) is 38.1 Å². The molecule has 6 heteroatoms. The molecule has 6 nitrogen and oxygen atoms in total. The second kappa shape index (κ2) is 4.97. The van der Waals surface area contributed by atoms with E-state index in [0.29, 0.717) is 11.9 Å². The number of aromatic nitrogens is 3. The highest BCUT2D eigenvalue weighted by atomic mass is 16.4. The number of likely N-dealkylation sites (N-methyl/N-ethyl adjacent to an activating group) is 1. The van der Waals surface area contributed by atoms with Crippen molar-refractivity contribution >= 4 is 6.01 Å². The molecule has 0 unspecified atom stereocenters. The molecule has 0 aliphatic carbocycles. The fourth-order valence-corrected chi connectivity index (χ4v) is 2.05. The number of hydrogen-bond donors (Lipinski definition) is 0. The van der Waals surface area contributed by atoms with Gasteiger partial charge in [0.15, 0.2) is 0 Å². The molecule has 0 aromatic carbocycles. The van der Waals surface area contributed by atoms with Crippen LogP contribution in [-0.2, 0) is 0 Å². The van der Waals surface area contributed by atoms with E-state index >= 15 is 0 Å². The monoisotopic (exact) mass is 259 g/mol. The summed E-state index contributed by atoms with van der Waals surface area (Å²) in [5.74, 6) is 0.529. The average molecular weight is 259 g/mol. The van der Waals surface area contributed by atoms with E-state index in [9.17, 15) is 0 Å². The highest BCUT2D eigenvalue weighted by molar-refractivity contribution is 5.52. The van der Waals surface area contributed by atoms with Gasteiger partial charge in [-0.3, -0.25) is 4.98 Å². The Labute approximate surface area is 112 Å². The largest absolute Gasteiger partial charge is 0.403 e. The van der Waals surface area contributed by atoms with Crippen LogP contribution in [0.2, 0.25) is 0 Å². The standard InChI is InChI=1S/C13H17N5O/c1-10-3-4-11(9-14-10)12-15-16-13(19-12)18-7-5-17(2)6-8-18/h3-4,9H,5-8H2,1-2H3. The van der Waals surface area contributed by atoms with Gasteiger partial charge in [0.1, 0.15) is 0 Å². The van der Waals surface area contributed by atoms with E-state index < -0.39 is 0 Å². The number of aryl methyl sites for hydroxylation is 1. The Morgan fingerprint density at radius 3 is 2.58 bits per heavy atom. The van der Waals surface area contributed by atoms with E-state index in [0.717, 1.165) is 37.4 Å². The normalized spacial score (nSPS) is 16.8. The summed E-state index contributed by atoms with van der Waals surface area (Å²) in [4.78, 5) is 8.65. The zero-order valence-corrected chi connectivity index (χ0v) is 11.2. The third kappa shape index (κ3) is 2.58. The minimum absolute atomic E-state index is 0.529. The molecular weight excluding hydrogens is 242 g/mol. The lowest BCUT2D eigenvalue weighted by molar-refractivity contribution is 0.305. The molecule has 0 N–H and O–H groups in total. The van der Waals surface area contributed by atoms with Crippen LogP contribution in [0.25, 0.3) is 11.5 Å². The molecule has 3 heterocycles. The van der Waals surface area contributed by atoms with E-state index in [1.807, 2.05) is 19.1 Å². The van der Waals surface area contributed by atoms with Crippen molar-refractivity contribution in [2.45, 2.75) is 6.92 Å². The van der Waals surface area contributed by atoms with E-state index in [1.54, 1.807) is 6.20 Å². The van der Waals surface area contributed by atoms with Crippen molar-refractivity contribution in [1.29, 1.82) is 0 Å². The minimum atomic E-state index is 0.529. The summed E-state index contributed by atoms with van der Waals surface area (Å²) in [6.45, 7) is 5.83. The topological polar surface area (TPSA) is 58.3 Å². The number of hydrogen-bond acceptors (Lipinski definition) is 6. The molecule has 0 radical (unpaired) electrons. The van der Waals surface area contributed by atoms with Crippen molar-refractivity contribution in [3.63, 3.8) is 0 Å². The first-order valence-electron chi connectivity index (χ1n) is 6.42. The number of nitrogens with zero attached hydrogens (tertiary/aromatic N) is 5. The van der Waals surface area contributed by atoms with Crippen molar-refractivity contribution in [3.05, 3.63) is 24.0 Å². The summed E-state index contributed by atoms with van der Waals surface area (Å²) in [6.07, 6.45) is 1.76. The predicted octanol–water partition coefficient (Wildman–Crippen LogP) is 1.19. The van der Waals surface area contributed by atoms with Gasteiger partial charge in [-0.1, -0.05) is 5.10 Å². The summed E-state index contributed by atoms with van der Waals surface area (Å²) >= 11 is 0. The third-order valence-corrected chi connectivity index (χ3v) is 3.35. The summed E-state index contributed by atoms with van der Waals surface area (Å²) < 4.78 is 5.73. The Bertz CT molecular complexity index is 542. The first kappa shape index (κ1) is 12.1. The fraction of sp³-hybridized carbons (Fsp3) is 0.462. The lowest BCUT2D eigenvalue weighted by Crippen LogP contribution is -2.44. The number of piperazine rings is 1. The molecule has 3 rings (SSSR count). The highest BCUT2D eigenvalue weighted by Crippen LogP contribution is 2.21. The molecule has 0 amide bonds. The fourth-order valence-electron chi connectivity index (χ4n) is 2.05. The zero-order valence-electron chi connectivity index (χ0n) is 11.2. The third-order valence-electron chi connectivity index (χ3n) is 3.35. The van der Waals surface area contributed by atoms with Crippen molar-refractivity contribution in [2.24, 2.45) is 0 Å². The van der Waals surface area contributed by atoms with Crippen LogP contribution in [0, 0.1) is 6.92 Å². The van der Waals surface area contributed by atoms with Gasteiger partial charge in [-0.25, -0.2) is 0 Å². The van der Waals surface area contributed by atoms with Crippen LogP contribution in [-0.4, -0.2) is 53.3 Å². The minimum Gasteiger partial charge on any atom is -0.403 e. The van der Waals surface area contributed by atoms with Crippen molar-refractivity contribution < 1.29 is 4.42 Å². The zero-order chi connectivity index (χ0) is 13.2. The predicted molar refractivity (Wildman–Crippen MR) is 72.0 cm³/mol. The van der Waals surface area contributed by atoms with E-state index in [2.05, 4.69) is 32.0 Å². The SMILES string of the molecule is Cc1ccc(-c2nnc(N3CCN(C)CC3)o2)cn1. The lowest BCUT2D eigenvalue weighted by atomic mass is 10.2. The molecule has 1 aliphatic heterocycles. The van der Waals surface area contributed by atoms with Crippen molar-refractivity contribution in [2.75, 3.05) is 38.1 Å². The molecule has 1 aliphatic rings. The smallest absolute Gasteiger partial charge is 0.318 e. The maximum atomic E-state index is 5.73. The Balaban J connectivity index is 1.77. The van der Waals surface area contributed by atoms with Gasteiger partial charge in [-0.15, -0.1) is 5.10 Å². The Morgan fingerprint density at radius 1 is 1.11 bits per heavy atom. The molecule has 0 saturated carbocycles. The van der Waals surface area contributed by atoms with E-state index in [-0.39, 0.29) is 0 Å². The first-order valence-corrected chi connectivity index (χ1v) is 6.42. The van der Waals surface area contributed by atoms with E-state index in [4.69, 9.17) is 4.42 Å². The molecule has 2 aromatic rings. The van der Waals surface area contributed by atoms with E-state index in [1.165, 1.54) is 0 Å². The Hall–Kier alpha value is -1.95. The van der Waals surface area contributed by atoms with Crippen LogP contribution in [0.1, 0.15) is 5.69 Å². The molecule has 1 fully saturated rings. The van der Waals surface area contributed by atoms with Gasteiger partial charge in [0.05, 0.1) is 5.56 Å². The summed E-state index contributed by atoms with van der Waals surface area (Å²) in [6, 6.07) is 4.49. The maximum Gasteiger partial charge on any atom is 0.318 e. The van der Waals surface area contributed by atoms with Gasteiger partial charge >= 0.3 is 6.01 Å². The second-order valence-corrected chi connectivity index (χ2v) is 4.87. The molecule has 100 valence electrons. The lowest BCUT2D eigenvalue weighted by Gasteiger charge is -2.30. The van der Waals surface area contributed by atoms with Gasteiger partial charge in [-0.2, -0.15) is 0 Å². The Morgan fingerprint density at radius 2 is 1.89 bits per heavy atom. The molecule has 19 heavy (non-hydrogen) atoms. The van der Waals surface area contributed by atoms with Crippen LogP contribution >= 0.6 is 0 Å². The average Bonchev–Trinajstić information content (AvgIpc) is 2.90. The quantitative estimate of drug-likeness (QED) is 0.807. The number of pyridine rings is 1. The first-order chi connectivity index (χ1) is 9.22. The molecule has 0 bridgehead atoms. The summed E-state index contributed by atoms with van der Waals surface area (Å²) in [7, 11) is 2.12. The molecule has 2 aromatic heterocycles. The van der Waals surface area contributed by atoms with Crippen LogP contribution in [0.5, 0.6) is 0 Å². The molecular formula is C13H17N5O. The van der Waals surface area contributed by atoms with Crippen LogP contribution in [0.4, 0.5) is 6.01 Å². The van der Waals surface area contributed by atoms with Crippen molar-refractivity contribution in [1.82, 2.24) is 20.1 Å². The summed E-state index contributed by atoms with van der Waals surface area (Å²) in [5, 5.41) is 8.23.